The van der Waals surface area contributed by atoms with Gasteiger partial charge in [-0.25, -0.2) is 22.9 Å². The van der Waals surface area contributed by atoms with Crippen molar-refractivity contribution in [3.05, 3.63) is 89.2 Å². The van der Waals surface area contributed by atoms with Crippen molar-refractivity contribution in [3.8, 4) is 5.75 Å². The molecule has 1 heterocycles. The number of esters is 1. The molecule has 0 saturated carbocycles. The van der Waals surface area contributed by atoms with Crippen LogP contribution in [0.1, 0.15) is 15.9 Å². The van der Waals surface area contributed by atoms with Crippen LogP contribution in [0.15, 0.2) is 60.7 Å². The Bertz CT molecular complexity index is 1410. The molecular formula is C24H15F3N2O5S. The highest BCUT2D eigenvalue weighted by Gasteiger charge is 2.19. The van der Waals surface area contributed by atoms with E-state index < -0.39 is 48.1 Å². The smallest absolute Gasteiger partial charge is 0.344 e. The fourth-order valence-corrected chi connectivity index (χ4v) is 3.88. The number of ether oxygens (including phenoxy) is 2. The highest BCUT2D eigenvalue weighted by atomic mass is 32.1. The molecule has 0 aliphatic heterocycles. The molecule has 0 atom stereocenters. The van der Waals surface area contributed by atoms with Gasteiger partial charge in [-0.15, -0.1) is 0 Å². The van der Waals surface area contributed by atoms with Crippen LogP contribution in [-0.4, -0.2) is 35.9 Å². The topological polar surface area (TPSA) is 94.6 Å². The number of halogens is 3. The second kappa shape index (κ2) is 10.3. The standard InChI is InChI=1S/C24H15F3N2O5S/c25-16-10-17-22(21(27)20(16)26)29-24(35-17)28-18(30)11-34-19(31)12-33-15-8-6-14(7-9-15)23(32)13-4-2-1-3-5-13/h1-10H,11-12H2,(H,28,29,30). The molecule has 1 N–H and O–H groups in total. The van der Waals surface area contributed by atoms with E-state index in [1.54, 1.807) is 36.4 Å². The van der Waals surface area contributed by atoms with Crippen molar-refractivity contribution in [3.63, 3.8) is 0 Å². The second-order valence-corrected chi connectivity index (χ2v) is 8.10. The summed E-state index contributed by atoms with van der Waals surface area (Å²) in [4.78, 5) is 39.9. The highest BCUT2D eigenvalue weighted by molar-refractivity contribution is 7.22. The van der Waals surface area contributed by atoms with Crippen molar-refractivity contribution >= 4 is 44.3 Å². The van der Waals surface area contributed by atoms with Gasteiger partial charge in [0.2, 0.25) is 0 Å². The minimum Gasteiger partial charge on any atom is -0.482 e. The zero-order valence-electron chi connectivity index (χ0n) is 17.7. The molecule has 0 saturated heterocycles. The van der Waals surface area contributed by atoms with Crippen LogP contribution in [-0.2, 0) is 14.3 Å². The van der Waals surface area contributed by atoms with Crippen LogP contribution in [0.25, 0.3) is 10.2 Å². The van der Waals surface area contributed by atoms with Gasteiger partial charge in [0.1, 0.15) is 11.3 Å². The Kier molecular flexibility index (Phi) is 7.06. The molecular weight excluding hydrogens is 485 g/mol. The van der Waals surface area contributed by atoms with E-state index in [1.165, 1.54) is 12.1 Å². The first kappa shape index (κ1) is 23.9. The number of ketones is 1. The quantitative estimate of drug-likeness (QED) is 0.217. The number of benzene rings is 3. The molecule has 1 amide bonds. The molecule has 11 heteroatoms. The zero-order valence-corrected chi connectivity index (χ0v) is 18.5. The Balaban J connectivity index is 1.25. The lowest BCUT2D eigenvalue weighted by atomic mass is 10.0. The first-order valence-corrected chi connectivity index (χ1v) is 10.9. The molecule has 4 aromatic rings. The van der Waals surface area contributed by atoms with Crippen molar-refractivity contribution < 1.29 is 37.0 Å². The maximum Gasteiger partial charge on any atom is 0.344 e. The van der Waals surface area contributed by atoms with Gasteiger partial charge in [0.15, 0.2) is 41.6 Å². The minimum absolute atomic E-state index is 0.00131. The fraction of sp³-hybridized carbons (Fsp3) is 0.0833. The molecule has 3 aromatic carbocycles. The Morgan fingerprint density at radius 1 is 0.886 bits per heavy atom. The molecule has 178 valence electrons. The Morgan fingerprint density at radius 2 is 1.57 bits per heavy atom. The van der Waals surface area contributed by atoms with Crippen LogP contribution in [0.5, 0.6) is 5.75 Å². The number of nitrogens with zero attached hydrogens (tertiary/aromatic N) is 1. The van der Waals surface area contributed by atoms with Crippen LogP contribution in [0, 0.1) is 17.5 Å². The molecule has 4 rings (SSSR count). The minimum atomic E-state index is -1.66. The summed E-state index contributed by atoms with van der Waals surface area (Å²) in [5.74, 6) is -5.97. The van der Waals surface area contributed by atoms with E-state index in [4.69, 9.17) is 9.47 Å². The average molecular weight is 500 g/mol. The van der Waals surface area contributed by atoms with Crippen LogP contribution < -0.4 is 10.1 Å². The molecule has 0 aliphatic carbocycles. The van der Waals surface area contributed by atoms with Gasteiger partial charge in [-0.3, -0.25) is 14.9 Å². The third-order valence-corrected chi connectivity index (χ3v) is 5.56. The van der Waals surface area contributed by atoms with Crippen LogP contribution in [0.4, 0.5) is 18.3 Å². The van der Waals surface area contributed by atoms with E-state index in [-0.39, 0.29) is 15.6 Å². The first-order valence-electron chi connectivity index (χ1n) is 10.0. The number of hydrogen-bond donors (Lipinski definition) is 1. The van der Waals surface area contributed by atoms with Gasteiger partial charge < -0.3 is 9.47 Å². The molecule has 0 fully saturated rings. The number of carbonyl (C=O) groups excluding carboxylic acids is 3. The highest BCUT2D eigenvalue weighted by Crippen LogP contribution is 2.30. The SMILES string of the molecule is O=C(COC(=O)COc1ccc(C(=O)c2ccccc2)cc1)Nc1nc2c(F)c(F)c(F)cc2s1. The number of rotatable bonds is 8. The van der Waals surface area contributed by atoms with Crippen LogP contribution in [0.2, 0.25) is 0 Å². The maximum absolute atomic E-state index is 13.7. The largest absolute Gasteiger partial charge is 0.482 e. The lowest BCUT2D eigenvalue weighted by Gasteiger charge is -2.08. The van der Waals surface area contributed by atoms with Gasteiger partial charge >= 0.3 is 5.97 Å². The van der Waals surface area contributed by atoms with Gasteiger partial charge in [0.05, 0.1) is 4.70 Å². The van der Waals surface area contributed by atoms with Crippen molar-refractivity contribution in [2.24, 2.45) is 0 Å². The molecule has 0 aliphatic rings. The number of carbonyl (C=O) groups is 3. The Hall–Kier alpha value is -4.25. The summed E-state index contributed by atoms with van der Waals surface area (Å²) in [5, 5.41) is 2.14. The molecule has 1 aromatic heterocycles. The van der Waals surface area contributed by atoms with E-state index in [2.05, 4.69) is 10.3 Å². The number of nitrogens with one attached hydrogen (secondary N) is 1. The number of aromatic nitrogens is 1. The third kappa shape index (κ3) is 5.64. The van der Waals surface area contributed by atoms with Crippen molar-refractivity contribution in [2.75, 3.05) is 18.5 Å². The Morgan fingerprint density at radius 3 is 2.29 bits per heavy atom. The summed E-state index contributed by atoms with van der Waals surface area (Å²) in [5.41, 5.74) is 0.562. The summed E-state index contributed by atoms with van der Waals surface area (Å²) in [6.45, 7) is -1.18. The molecule has 35 heavy (non-hydrogen) atoms. The molecule has 0 bridgehead atoms. The second-order valence-electron chi connectivity index (χ2n) is 7.07. The van der Waals surface area contributed by atoms with Gasteiger partial charge in [-0.2, -0.15) is 0 Å². The van der Waals surface area contributed by atoms with Gasteiger partial charge in [-0.1, -0.05) is 41.7 Å². The molecule has 0 radical (unpaired) electrons. The van der Waals surface area contributed by atoms with E-state index in [9.17, 15) is 27.6 Å². The predicted molar refractivity (Wildman–Crippen MR) is 121 cm³/mol. The number of amides is 1. The summed E-state index contributed by atoms with van der Waals surface area (Å²) >= 11 is 0.727. The van der Waals surface area contributed by atoms with Crippen molar-refractivity contribution in [2.45, 2.75) is 0 Å². The lowest BCUT2D eigenvalue weighted by Crippen LogP contribution is -2.23. The van der Waals surface area contributed by atoms with E-state index in [0.29, 0.717) is 16.9 Å². The summed E-state index contributed by atoms with van der Waals surface area (Å²) < 4.78 is 50.5. The summed E-state index contributed by atoms with van der Waals surface area (Å²) in [6, 6.07) is 15.7. The lowest BCUT2D eigenvalue weighted by molar-refractivity contribution is -0.149. The monoisotopic (exact) mass is 500 g/mol. The summed E-state index contributed by atoms with van der Waals surface area (Å²) in [7, 11) is 0. The zero-order chi connectivity index (χ0) is 24.9. The van der Waals surface area contributed by atoms with E-state index >= 15 is 0 Å². The maximum atomic E-state index is 13.7. The fourth-order valence-electron chi connectivity index (χ4n) is 2.97. The van der Waals surface area contributed by atoms with Crippen LogP contribution in [0.3, 0.4) is 0 Å². The van der Waals surface area contributed by atoms with E-state index in [1.807, 2.05) is 6.07 Å². The summed E-state index contributed by atoms with van der Waals surface area (Å²) in [6.07, 6.45) is 0. The van der Waals surface area contributed by atoms with Gasteiger partial charge in [0.25, 0.3) is 5.91 Å². The van der Waals surface area contributed by atoms with E-state index in [0.717, 1.165) is 17.4 Å². The third-order valence-electron chi connectivity index (χ3n) is 4.64. The average Bonchev–Trinajstić information content (AvgIpc) is 3.27. The Labute approximate surface area is 200 Å². The van der Waals surface area contributed by atoms with Gasteiger partial charge in [0, 0.05) is 11.1 Å². The number of thiazole rings is 1. The molecule has 0 spiro atoms. The van der Waals surface area contributed by atoms with Crippen molar-refractivity contribution in [1.82, 2.24) is 4.98 Å². The first-order chi connectivity index (χ1) is 16.8. The normalized spacial score (nSPS) is 10.7. The van der Waals surface area contributed by atoms with Gasteiger partial charge in [-0.05, 0) is 30.3 Å². The number of fused-ring (bicyclic) bond motifs is 1. The van der Waals surface area contributed by atoms with Crippen molar-refractivity contribution in [1.29, 1.82) is 0 Å². The number of hydrogen-bond acceptors (Lipinski definition) is 7. The molecule has 0 unspecified atom stereocenters. The van der Waals surface area contributed by atoms with Crippen LogP contribution >= 0.6 is 11.3 Å². The molecule has 7 nitrogen and oxygen atoms in total. The number of anilines is 1. The predicted octanol–water partition coefficient (Wildman–Crippen LogP) is 4.51.